The zero-order chi connectivity index (χ0) is 17.3. The van der Waals surface area contributed by atoms with E-state index in [1.807, 2.05) is 0 Å². The molecule has 0 amide bonds. The summed E-state index contributed by atoms with van der Waals surface area (Å²) in [5.74, 6) is -5.43. The zero-order valence-corrected chi connectivity index (χ0v) is 14.2. The van der Waals surface area contributed by atoms with E-state index in [9.17, 15) is 24.0 Å². The molecule has 0 aromatic heterocycles. The predicted molar refractivity (Wildman–Crippen MR) is 74.1 cm³/mol. The number of rotatable bonds is 9. The van der Waals surface area contributed by atoms with E-state index in [-0.39, 0.29) is 19.3 Å². The Morgan fingerprint density at radius 3 is 1.64 bits per heavy atom. The highest BCUT2D eigenvalue weighted by Gasteiger charge is 2.50. The summed E-state index contributed by atoms with van der Waals surface area (Å²) in [7, 11) is 0. The molecular formula is C13H19AlO8. The Kier molecular flexibility index (Phi) is 9.30. The van der Waals surface area contributed by atoms with Crippen LogP contribution in [0.4, 0.5) is 0 Å². The van der Waals surface area contributed by atoms with Crippen molar-refractivity contribution in [3.8, 4) is 0 Å². The fourth-order valence-corrected chi connectivity index (χ4v) is 2.60. The van der Waals surface area contributed by atoms with Gasteiger partial charge in [-0.3, -0.25) is 19.2 Å². The van der Waals surface area contributed by atoms with Crippen molar-refractivity contribution < 1.29 is 35.3 Å². The first kappa shape index (κ1) is 20.3. The van der Waals surface area contributed by atoms with Crippen molar-refractivity contribution in [3.63, 3.8) is 0 Å². The molecule has 0 saturated heterocycles. The molecule has 0 spiro atoms. The van der Waals surface area contributed by atoms with E-state index >= 15 is 0 Å². The summed E-state index contributed by atoms with van der Waals surface area (Å²) < 4.78 is 14.2. The SMILES string of the molecule is CCC(=O)[O][Al]([O]C(=O)CC)[O]C(=O)C(=O)C(CC)C(C)=O. The number of ketones is 2. The van der Waals surface area contributed by atoms with Crippen LogP contribution in [-0.2, 0) is 35.3 Å². The third kappa shape index (κ3) is 6.83. The maximum Gasteiger partial charge on any atom is 1.20 e. The van der Waals surface area contributed by atoms with Gasteiger partial charge in [0.2, 0.25) is 5.78 Å². The molecule has 0 bridgehead atoms. The van der Waals surface area contributed by atoms with Crippen LogP contribution in [0.5, 0.6) is 0 Å². The molecule has 8 nitrogen and oxygen atoms in total. The average Bonchev–Trinajstić information content (AvgIpc) is 2.46. The summed E-state index contributed by atoms with van der Waals surface area (Å²) in [6, 6.07) is 0. The lowest BCUT2D eigenvalue weighted by molar-refractivity contribution is -0.156. The Bertz CT molecular complexity index is 441. The maximum atomic E-state index is 11.8. The van der Waals surface area contributed by atoms with Crippen LogP contribution in [0.2, 0.25) is 0 Å². The minimum atomic E-state index is -3.46. The highest BCUT2D eigenvalue weighted by molar-refractivity contribution is 6.50. The van der Waals surface area contributed by atoms with Crippen molar-refractivity contribution in [1.29, 1.82) is 0 Å². The molecule has 22 heavy (non-hydrogen) atoms. The van der Waals surface area contributed by atoms with Crippen molar-refractivity contribution in [2.75, 3.05) is 0 Å². The summed E-state index contributed by atoms with van der Waals surface area (Å²) in [6.45, 7) is 5.76. The molecule has 1 atom stereocenters. The Labute approximate surface area is 133 Å². The number of hydrogen-bond acceptors (Lipinski definition) is 8. The van der Waals surface area contributed by atoms with Gasteiger partial charge in [0, 0.05) is 12.8 Å². The summed E-state index contributed by atoms with van der Waals surface area (Å²) >= 11 is -3.46. The van der Waals surface area contributed by atoms with E-state index in [4.69, 9.17) is 11.4 Å². The smallest absolute Gasteiger partial charge is 0.551 e. The lowest BCUT2D eigenvalue weighted by Gasteiger charge is -2.14. The standard InChI is InChI=1S/C7H10O4.2C3H6O2.Al/c1-3-5(4(2)8)6(9)7(10)11;2*1-2-3(4)5;/h5H,3H2,1-2H3,(H,10,11);2*2H2,1H3,(H,4,5);/q;;;+3/p-3. The van der Waals surface area contributed by atoms with Gasteiger partial charge in [0.25, 0.3) is 11.9 Å². The fraction of sp³-hybridized carbons (Fsp3) is 0.615. The van der Waals surface area contributed by atoms with Crippen LogP contribution in [0, 0.1) is 5.92 Å². The van der Waals surface area contributed by atoms with Gasteiger partial charge in [-0.25, -0.2) is 4.79 Å². The Morgan fingerprint density at radius 1 is 0.864 bits per heavy atom. The molecule has 0 aliphatic rings. The highest BCUT2D eigenvalue weighted by atomic mass is 27.3. The van der Waals surface area contributed by atoms with Crippen molar-refractivity contribution in [1.82, 2.24) is 0 Å². The molecule has 0 N–H and O–H groups in total. The first-order valence-electron chi connectivity index (χ1n) is 6.90. The second-order valence-corrected chi connectivity index (χ2v) is 5.60. The van der Waals surface area contributed by atoms with Gasteiger partial charge in [0.05, 0.1) is 5.92 Å². The monoisotopic (exact) mass is 330 g/mol. The Hall–Kier alpha value is -1.72. The van der Waals surface area contributed by atoms with Gasteiger partial charge < -0.3 is 11.4 Å². The van der Waals surface area contributed by atoms with Crippen molar-refractivity contribution >= 4 is 44.6 Å². The van der Waals surface area contributed by atoms with Crippen molar-refractivity contribution in [2.45, 2.75) is 47.0 Å². The molecular weight excluding hydrogens is 311 g/mol. The molecule has 0 fully saturated rings. The van der Waals surface area contributed by atoms with Gasteiger partial charge in [-0.15, -0.1) is 0 Å². The molecule has 0 saturated carbocycles. The second-order valence-electron chi connectivity index (χ2n) is 4.32. The molecule has 0 radical (unpaired) electrons. The van der Waals surface area contributed by atoms with Gasteiger partial charge in [0.15, 0.2) is 0 Å². The molecule has 0 aromatic carbocycles. The first-order chi connectivity index (χ1) is 10.3. The summed E-state index contributed by atoms with van der Waals surface area (Å²) in [5, 5.41) is 0. The average molecular weight is 330 g/mol. The minimum absolute atomic E-state index is 0.0102. The molecule has 0 aromatic rings. The van der Waals surface area contributed by atoms with Crippen LogP contribution in [0.3, 0.4) is 0 Å². The third-order valence-electron chi connectivity index (χ3n) is 2.65. The van der Waals surface area contributed by atoms with Gasteiger partial charge in [0.1, 0.15) is 5.78 Å². The Morgan fingerprint density at radius 2 is 1.32 bits per heavy atom. The Balaban J connectivity index is 4.92. The summed E-state index contributed by atoms with van der Waals surface area (Å²) in [5.41, 5.74) is 0. The quantitative estimate of drug-likeness (QED) is 0.343. The second kappa shape index (κ2) is 10.1. The molecule has 9 heteroatoms. The molecule has 0 aliphatic carbocycles. The molecule has 0 heterocycles. The van der Waals surface area contributed by atoms with Crippen LogP contribution in [-0.4, -0.2) is 44.6 Å². The van der Waals surface area contributed by atoms with Gasteiger partial charge in [-0.2, -0.15) is 0 Å². The molecule has 0 aliphatic heterocycles. The minimum Gasteiger partial charge on any atom is -0.551 e. The van der Waals surface area contributed by atoms with E-state index < -0.39 is 50.5 Å². The third-order valence-corrected chi connectivity index (χ3v) is 3.97. The highest BCUT2D eigenvalue weighted by Crippen LogP contribution is 2.08. The first-order valence-corrected chi connectivity index (χ1v) is 8.32. The number of carbonyl (C=O) groups excluding carboxylic acids is 5. The lowest BCUT2D eigenvalue weighted by atomic mass is 9.97. The normalized spacial score (nSPS) is 11.1. The van der Waals surface area contributed by atoms with Gasteiger partial charge >= 0.3 is 21.1 Å². The maximum absolute atomic E-state index is 11.8. The van der Waals surface area contributed by atoms with Crippen LogP contribution in [0.1, 0.15) is 47.0 Å². The number of Topliss-reactive ketones (excluding diaryl/α,β-unsaturated/α-hetero) is 2. The van der Waals surface area contributed by atoms with Gasteiger partial charge in [-0.05, 0) is 13.3 Å². The van der Waals surface area contributed by atoms with E-state index in [0.29, 0.717) is 0 Å². The van der Waals surface area contributed by atoms with Crippen LogP contribution >= 0.6 is 0 Å². The molecule has 122 valence electrons. The number of hydrogen-bond donors (Lipinski definition) is 0. The van der Waals surface area contributed by atoms with Crippen LogP contribution < -0.4 is 0 Å². The van der Waals surface area contributed by atoms with E-state index in [1.54, 1.807) is 6.92 Å². The largest absolute Gasteiger partial charge is 1.20 e. The molecule has 1 unspecified atom stereocenters. The van der Waals surface area contributed by atoms with Crippen LogP contribution in [0.25, 0.3) is 0 Å². The summed E-state index contributed by atoms with van der Waals surface area (Å²) in [6.07, 6.45) is 0.117. The van der Waals surface area contributed by atoms with Gasteiger partial charge in [-0.1, -0.05) is 20.8 Å². The zero-order valence-electron chi connectivity index (χ0n) is 13.0. The molecule has 0 rings (SSSR count). The predicted octanol–water partition coefficient (Wildman–Crippen LogP) is 0.605. The topological polar surface area (TPSA) is 113 Å². The van der Waals surface area contributed by atoms with Crippen molar-refractivity contribution in [2.24, 2.45) is 5.92 Å². The fourth-order valence-electron chi connectivity index (χ4n) is 1.40. The van der Waals surface area contributed by atoms with E-state index in [0.717, 1.165) is 0 Å². The summed E-state index contributed by atoms with van der Waals surface area (Å²) in [4.78, 5) is 57.3. The lowest BCUT2D eigenvalue weighted by Crippen LogP contribution is -2.39. The van der Waals surface area contributed by atoms with Crippen molar-refractivity contribution in [3.05, 3.63) is 0 Å². The number of carbonyl (C=O) groups is 5. The van der Waals surface area contributed by atoms with E-state index in [2.05, 4.69) is 0 Å². The van der Waals surface area contributed by atoms with Crippen LogP contribution in [0.15, 0.2) is 0 Å². The van der Waals surface area contributed by atoms with E-state index in [1.165, 1.54) is 20.8 Å².